The SMILES string of the molecule is C=CN=CN/C(CCC1(O)CCN(C(=O)CCc2ccccc2)CC1)=C(\c1ccc(CNCCCNC=O)cc1)N(C)N. The number of hydrogen-bond donors (Lipinski definition) is 5. The van der Waals surface area contributed by atoms with Crippen molar-refractivity contribution < 1.29 is 14.7 Å². The van der Waals surface area contributed by atoms with E-state index in [1.165, 1.54) is 6.20 Å². The van der Waals surface area contributed by atoms with Crippen LogP contribution in [-0.2, 0) is 22.6 Å². The van der Waals surface area contributed by atoms with Crippen molar-refractivity contribution in [1.29, 1.82) is 0 Å². The maximum atomic E-state index is 12.8. The standard InChI is InChI=1S/C33H47N7O3/c1-3-35-25-38-30(32(39(2)34)29-13-10-28(11-14-29)24-36-20-7-21-37-26-41)16-17-33(43)18-22-40(23-19-33)31(42)15-12-27-8-5-4-6-9-27/h3-6,8-11,13-14,25-26,36,43H,1,7,12,15-24,34H2,2H3,(H,35,38)(H,37,41)/b32-30+. The number of amides is 2. The number of nitrogens with two attached hydrogens (primary N) is 1. The molecule has 0 atom stereocenters. The summed E-state index contributed by atoms with van der Waals surface area (Å²) in [6.45, 7) is 6.90. The predicted molar refractivity (Wildman–Crippen MR) is 172 cm³/mol. The highest BCUT2D eigenvalue weighted by Crippen LogP contribution is 2.31. The molecule has 1 aliphatic heterocycles. The Morgan fingerprint density at radius 1 is 1.09 bits per heavy atom. The maximum Gasteiger partial charge on any atom is 0.222 e. The number of likely N-dealkylation sites (tertiary alicyclic amines) is 1. The van der Waals surface area contributed by atoms with Crippen LogP contribution in [0.3, 0.4) is 0 Å². The monoisotopic (exact) mass is 589 g/mol. The van der Waals surface area contributed by atoms with Crippen molar-refractivity contribution >= 4 is 24.4 Å². The molecule has 2 amide bonds. The number of aryl methyl sites for hydroxylation is 1. The van der Waals surface area contributed by atoms with Crippen molar-refractivity contribution in [1.82, 2.24) is 25.9 Å². The Labute approximate surface area is 255 Å². The molecule has 0 unspecified atom stereocenters. The fraction of sp³-hybridized carbons (Fsp3) is 0.424. The average Bonchev–Trinajstić information content (AvgIpc) is 3.02. The minimum Gasteiger partial charge on any atom is -0.390 e. The van der Waals surface area contributed by atoms with Gasteiger partial charge >= 0.3 is 0 Å². The van der Waals surface area contributed by atoms with Gasteiger partial charge in [0, 0.05) is 57.1 Å². The average molecular weight is 590 g/mol. The Bertz CT molecular complexity index is 1200. The lowest BCUT2D eigenvalue weighted by Gasteiger charge is -2.38. The van der Waals surface area contributed by atoms with Gasteiger partial charge in [-0.15, -0.1) is 0 Å². The maximum absolute atomic E-state index is 12.8. The van der Waals surface area contributed by atoms with E-state index in [0.29, 0.717) is 58.1 Å². The Hall–Kier alpha value is -3.99. The van der Waals surface area contributed by atoms with Crippen LogP contribution in [0.1, 0.15) is 55.2 Å². The van der Waals surface area contributed by atoms with E-state index in [2.05, 4.69) is 39.7 Å². The zero-order valence-corrected chi connectivity index (χ0v) is 25.3. The first-order chi connectivity index (χ1) is 20.8. The smallest absolute Gasteiger partial charge is 0.222 e. The molecule has 1 saturated heterocycles. The van der Waals surface area contributed by atoms with Crippen LogP contribution in [-0.4, -0.2) is 72.5 Å². The largest absolute Gasteiger partial charge is 0.390 e. The van der Waals surface area contributed by atoms with Gasteiger partial charge in [-0.05, 0) is 56.2 Å². The third kappa shape index (κ3) is 11.3. The first kappa shape index (κ1) is 33.5. The number of piperidine rings is 1. The molecule has 1 fully saturated rings. The van der Waals surface area contributed by atoms with Crippen LogP contribution in [0.4, 0.5) is 0 Å². The highest BCUT2D eigenvalue weighted by molar-refractivity contribution is 5.76. The van der Waals surface area contributed by atoms with Crippen molar-refractivity contribution in [2.75, 3.05) is 33.2 Å². The molecule has 0 bridgehead atoms. The number of hydrazine groups is 1. The van der Waals surface area contributed by atoms with Gasteiger partial charge in [-0.25, -0.2) is 10.8 Å². The molecule has 2 aromatic rings. The third-order valence-corrected chi connectivity index (χ3v) is 7.73. The van der Waals surface area contributed by atoms with Crippen LogP contribution in [0.2, 0.25) is 0 Å². The van der Waals surface area contributed by atoms with Gasteiger partial charge in [0.05, 0.1) is 17.6 Å². The lowest BCUT2D eigenvalue weighted by atomic mass is 9.86. The van der Waals surface area contributed by atoms with Crippen LogP contribution in [0.5, 0.6) is 0 Å². The normalized spacial score (nSPS) is 15.1. The van der Waals surface area contributed by atoms with Crippen LogP contribution >= 0.6 is 0 Å². The molecule has 2 aromatic carbocycles. The van der Waals surface area contributed by atoms with Gasteiger partial charge in [0.2, 0.25) is 12.3 Å². The van der Waals surface area contributed by atoms with Gasteiger partial charge < -0.3 is 31.0 Å². The molecule has 0 spiro atoms. The second-order valence-electron chi connectivity index (χ2n) is 10.9. The molecule has 3 rings (SSSR count). The van der Waals surface area contributed by atoms with Crippen molar-refractivity contribution in [3.8, 4) is 0 Å². The number of benzene rings is 2. The second kappa shape index (κ2) is 17.8. The van der Waals surface area contributed by atoms with Crippen LogP contribution < -0.4 is 21.8 Å². The minimum absolute atomic E-state index is 0.134. The minimum atomic E-state index is -0.881. The number of nitrogens with zero attached hydrogens (tertiary/aromatic N) is 3. The Balaban J connectivity index is 1.62. The number of aliphatic hydroxyl groups is 1. The molecule has 10 heteroatoms. The number of hydrogen-bond acceptors (Lipinski definition) is 7. The van der Waals surface area contributed by atoms with Crippen LogP contribution in [0, 0.1) is 0 Å². The summed E-state index contributed by atoms with van der Waals surface area (Å²) < 4.78 is 0. The molecule has 232 valence electrons. The van der Waals surface area contributed by atoms with E-state index in [1.807, 2.05) is 47.4 Å². The predicted octanol–water partition coefficient (Wildman–Crippen LogP) is 2.91. The lowest BCUT2D eigenvalue weighted by molar-refractivity contribution is -0.135. The Morgan fingerprint density at radius 2 is 1.81 bits per heavy atom. The van der Waals surface area contributed by atoms with Gasteiger partial charge in [0.1, 0.15) is 0 Å². The highest BCUT2D eigenvalue weighted by atomic mass is 16.3. The van der Waals surface area contributed by atoms with Crippen molar-refractivity contribution in [2.24, 2.45) is 10.8 Å². The van der Waals surface area contributed by atoms with Crippen molar-refractivity contribution in [3.63, 3.8) is 0 Å². The summed E-state index contributed by atoms with van der Waals surface area (Å²) in [5, 5.41) is 22.4. The molecule has 1 heterocycles. The Morgan fingerprint density at radius 3 is 2.47 bits per heavy atom. The first-order valence-electron chi connectivity index (χ1n) is 15.0. The summed E-state index contributed by atoms with van der Waals surface area (Å²) >= 11 is 0. The zero-order chi connectivity index (χ0) is 30.9. The summed E-state index contributed by atoms with van der Waals surface area (Å²) in [5.74, 6) is 6.47. The molecule has 0 aliphatic carbocycles. The summed E-state index contributed by atoms with van der Waals surface area (Å²) in [4.78, 5) is 29.1. The van der Waals surface area contributed by atoms with Gasteiger partial charge in [0.25, 0.3) is 0 Å². The van der Waals surface area contributed by atoms with Crippen LogP contribution in [0.25, 0.3) is 5.70 Å². The number of aliphatic imine (C=N–C) groups is 1. The lowest BCUT2D eigenvalue weighted by Crippen LogP contribution is -2.47. The van der Waals surface area contributed by atoms with Crippen molar-refractivity contribution in [2.45, 2.75) is 57.1 Å². The number of carbonyl (C=O) groups is 2. The van der Waals surface area contributed by atoms with Crippen molar-refractivity contribution in [3.05, 3.63) is 89.8 Å². The molecule has 0 saturated carbocycles. The van der Waals surface area contributed by atoms with E-state index in [-0.39, 0.29) is 5.91 Å². The third-order valence-electron chi connectivity index (χ3n) is 7.73. The molecular formula is C33H47N7O3. The summed E-state index contributed by atoms with van der Waals surface area (Å²) in [6.07, 6.45) is 7.90. The van der Waals surface area contributed by atoms with E-state index in [0.717, 1.165) is 54.0 Å². The number of carbonyl (C=O) groups excluding carboxylic acids is 2. The van der Waals surface area contributed by atoms with E-state index < -0.39 is 5.60 Å². The highest BCUT2D eigenvalue weighted by Gasteiger charge is 2.34. The molecule has 0 radical (unpaired) electrons. The second-order valence-corrected chi connectivity index (χ2v) is 10.9. The molecule has 6 N–H and O–H groups in total. The van der Waals surface area contributed by atoms with Gasteiger partial charge in [0.15, 0.2) is 0 Å². The van der Waals surface area contributed by atoms with Crippen LogP contribution in [0.15, 0.2) is 78.1 Å². The summed E-state index contributed by atoms with van der Waals surface area (Å²) in [6, 6.07) is 18.2. The first-order valence-corrected chi connectivity index (χ1v) is 15.0. The van der Waals surface area contributed by atoms with E-state index in [4.69, 9.17) is 5.84 Å². The molecule has 43 heavy (non-hydrogen) atoms. The number of nitrogens with one attached hydrogen (secondary N) is 3. The fourth-order valence-electron chi connectivity index (χ4n) is 5.24. The Kier molecular flexibility index (Phi) is 13.9. The molecule has 1 aliphatic rings. The summed E-state index contributed by atoms with van der Waals surface area (Å²) in [5.41, 5.74) is 3.97. The number of rotatable bonds is 18. The molecule has 10 nitrogen and oxygen atoms in total. The summed E-state index contributed by atoms with van der Waals surface area (Å²) in [7, 11) is 1.79. The topological polar surface area (TPSA) is 135 Å². The molecule has 0 aromatic heterocycles. The van der Waals surface area contributed by atoms with E-state index in [1.54, 1.807) is 18.4 Å². The zero-order valence-electron chi connectivity index (χ0n) is 25.3. The quantitative estimate of drug-likeness (QED) is 0.0451. The van der Waals surface area contributed by atoms with Gasteiger partial charge in [-0.3, -0.25) is 9.59 Å². The van der Waals surface area contributed by atoms with Gasteiger partial charge in [-0.2, -0.15) is 0 Å². The fourth-order valence-corrected chi connectivity index (χ4v) is 5.24. The van der Waals surface area contributed by atoms with E-state index >= 15 is 0 Å². The molecular weight excluding hydrogens is 542 g/mol. The van der Waals surface area contributed by atoms with Gasteiger partial charge in [-0.1, -0.05) is 61.2 Å². The van der Waals surface area contributed by atoms with E-state index in [9.17, 15) is 14.7 Å². The number of allylic oxidation sites excluding steroid dienone is 1.